The summed E-state index contributed by atoms with van der Waals surface area (Å²) in [5, 5.41) is 9.57. The molecule has 0 fully saturated rings. The highest BCUT2D eigenvalue weighted by molar-refractivity contribution is 5.97. The minimum Gasteiger partial charge on any atom is -0.362 e. The van der Waals surface area contributed by atoms with Gasteiger partial charge in [-0.05, 0) is 11.6 Å². The van der Waals surface area contributed by atoms with Gasteiger partial charge in [-0.15, -0.1) is 0 Å². The first kappa shape index (κ1) is 15.5. The number of fused-ring (bicyclic) bond motifs is 1. The number of nitrogens with zero attached hydrogens (tertiary/aromatic N) is 1. The molecule has 1 aliphatic heterocycles. The van der Waals surface area contributed by atoms with Crippen molar-refractivity contribution in [2.45, 2.75) is 6.54 Å². The fourth-order valence-electron chi connectivity index (χ4n) is 3.38. The van der Waals surface area contributed by atoms with Crippen LogP contribution in [0.4, 0.5) is 5.69 Å². The van der Waals surface area contributed by atoms with Gasteiger partial charge in [0.05, 0.1) is 0 Å². The summed E-state index contributed by atoms with van der Waals surface area (Å²) in [5.74, 6) is 0.517. The summed E-state index contributed by atoms with van der Waals surface area (Å²) in [6.07, 6.45) is 0. The summed E-state index contributed by atoms with van der Waals surface area (Å²) in [6, 6.07) is 28.4. The lowest BCUT2D eigenvalue weighted by Gasteiger charge is -2.19. The van der Waals surface area contributed by atoms with Crippen molar-refractivity contribution in [2.75, 3.05) is 11.4 Å². The summed E-state index contributed by atoms with van der Waals surface area (Å²) < 4.78 is 0. The van der Waals surface area contributed by atoms with E-state index in [-0.39, 0.29) is 0 Å². The summed E-state index contributed by atoms with van der Waals surface area (Å²) in [5.41, 5.74) is 5.39. The van der Waals surface area contributed by atoms with E-state index in [0.717, 1.165) is 28.9 Å². The molecule has 0 atom stereocenters. The molecule has 3 aromatic carbocycles. The summed E-state index contributed by atoms with van der Waals surface area (Å²) in [4.78, 5) is 7.14. The fraction of sp³-hybridized carbons (Fsp3) is 0.0909. The van der Waals surface area contributed by atoms with E-state index in [9.17, 15) is 5.26 Å². The maximum absolute atomic E-state index is 9.57. The molecule has 0 spiro atoms. The van der Waals surface area contributed by atoms with Gasteiger partial charge in [0, 0.05) is 35.5 Å². The van der Waals surface area contributed by atoms with Gasteiger partial charge >= 0.3 is 0 Å². The Morgan fingerprint density at radius 1 is 0.840 bits per heavy atom. The van der Waals surface area contributed by atoms with Crippen molar-refractivity contribution >= 4 is 17.0 Å². The van der Waals surface area contributed by atoms with Gasteiger partial charge in [-0.1, -0.05) is 78.9 Å². The van der Waals surface area contributed by atoms with E-state index >= 15 is 0 Å². The van der Waals surface area contributed by atoms with Crippen LogP contribution in [0.25, 0.3) is 11.3 Å². The Bertz CT molecular complexity index is 888. The first-order valence-corrected chi connectivity index (χ1v) is 8.35. The number of benzene rings is 3. The van der Waals surface area contributed by atoms with Crippen LogP contribution in [-0.4, -0.2) is 11.8 Å². The molecule has 0 unspecified atom stereocenters. The molecule has 0 aliphatic carbocycles. The Kier molecular flexibility index (Phi) is 4.23. The monoisotopic (exact) mass is 329 g/mol. The van der Waals surface area contributed by atoms with Crippen LogP contribution in [0.2, 0.25) is 0 Å². The van der Waals surface area contributed by atoms with E-state index in [1.165, 1.54) is 5.56 Å². The molecular formula is C22H19NO2. The highest BCUT2D eigenvalue weighted by Gasteiger charge is 2.27. The molecule has 0 aromatic heterocycles. The molecule has 1 N–H and O–H groups in total. The first-order valence-electron chi connectivity index (χ1n) is 8.35. The molecule has 0 saturated carbocycles. The van der Waals surface area contributed by atoms with Crippen molar-refractivity contribution in [3.8, 4) is 0 Å². The Balaban J connectivity index is 1.77. The molecule has 0 radical (unpaired) electrons. The Morgan fingerprint density at radius 2 is 1.48 bits per heavy atom. The average Bonchev–Trinajstić information content (AvgIpc) is 3.03. The van der Waals surface area contributed by atoms with Gasteiger partial charge in [-0.3, -0.25) is 0 Å². The summed E-state index contributed by atoms with van der Waals surface area (Å²) in [6.45, 7) is 1.51. The van der Waals surface area contributed by atoms with Crippen LogP contribution < -0.4 is 4.90 Å². The van der Waals surface area contributed by atoms with Crippen LogP contribution >= 0.6 is 0 Å². The van der Waals surface area contributed by atoms with E-state index in [1.807, 2.05) is 48.5 Å². The van der Waals surface area contributed by atoms with Crippen molar-refractivity contribution in [3.05, 3.63) is 102 Å². The van der Waals surface area contributed by atoms with E-state index < -0.39 is 0 Å². The largest absolute Gasteiger partial charge is 0.362 e. The van der Waals surface area contributed by atoms with Crippen LogP contribution in [0, 0.1) is 0 Å². The van der Waals surface area contributed by atoms with Crippen molar-refractivity contribution in [1.29, 1.82) is 0 Å². The maximum atomic E-state index is 9.57. The van der Waals surface area contributed by atoms with Gasteiger partial charge in [0.25, 0.3) is 0 Å². The minimum absolute atomic E-state index is 0.517. The van der Waals surface area contributed by atoms with Gasteiger partial charge in [-0.2, -0.15) is 0 Å². The minimum atomic E-state index is 0.517. The summed E-state index contributed by atoms with van der Waals surface area (Å²) in [7, 11) is 0. The third kappa shape index (κ3) is 3.02. The van der Waals surface area contributed by atoms with Crippen LogP contribution in [0.1, 0.15) is 16.7 Å². The Labute approximate surface area is 147 Å². The maximum Gasteiger partial charge on any atom is 0.177 e. The fourth-order valence-corrected chi connectivity index (χ4v) is 3.38. The third-order valence-electron chi connectivity index (χ3n) is 4.54. The van der Waals surface area contributed by atoms with E-state index in [4.69, 9.17) is 4.89 Å². The highest BCUT2D eigenvalue weighted by atomic mass is 17.1. The Hall–Kier alpha value is -3.04. The van der Waals surface area contributed by atoms with E-state index in [1.54, 1.807) is 0 Å². The molecule has 3 heteroatoms. The van der Waals surface area contributed by atoms with Gasteiger partial charge in [-0.25, -0.2) is 5.26 Å². The van der Waals surface area contributed by atoms with Gasteiger partial charge < -0.3 is 9.79 Å². The zero-order valence-corrected chi connectivity index (χ0v) is 13.8. The van der Waals surface area contributed by atoms with Gasteiger partial charge in [0.15, 0.2) is 5.76 Å². The Morgan fingerprint density at radius 3 is 2.20 bits per heavy atom. The quantitative estimate of drug-likeness (QED) is 0.412. The molecule has 1 aliphatic rings. The molecular weight excluding hydrogens is 310 g/mol. The van der Waals surface area contributed by atoms with Crippen molar-refractivity contribution in [3.63, 3.8) is 0 Å². The lowest BCUT2D eigenvalue weighted by atomic mass is 10.0. The number of rotatable bonds is 4. The number of para-hydroxylation sites is 1. The van der Waals surface area contributed by atoms with Gasteiger partial charge in [0.2, 0.25) is 0 Å². The second-order valence-electron chi connectivity index (χ2n) is 6.12. The van der Waals surface area contributed by atoms with Crippen LogP contribution in [0.15, 0.2) is 84.9 Å². The van der Waals surface area contributed by atoms with Crippen LogP contribution in [0.3, 0.4) is 0 Å². The van der Waals surface area contributed by atoms with Gasteiger partial charge in [0.1, 0.15) is 0 Å². The van der Waals surface area contributed by atoms with E-state index in [0.29, 0.717) is 12.3 Å². The first-order chi connectivity index (χ1) is 12.4. The summed E-state index contributed by atoms with van der Waals surface area (Å²) >= 11 is 0. The van der Waals surface area contributed by atoms with Crippen LogP contribution in [-0.2, 0) is 11.4 Å². The molecule has 3 nitrogen and oxygen atoms in total. The second kappa shape index (κ2) is 6.83. The lowest BCUT2D eigenvalue weighted by molar-refractivity contribution is -0.169. The lowest BCUT2D eigenvalue weighted by Crippen LogP contribution is -2.19. The van der Waals surface area contributed by atoms with Crippen molar-refractivity contribution < 1.29 is 10.1 Å². The molecule has 0 amide bonds. The molecule has 3 aromatic rings. The van der Waals surface area contributed by atoms with Crippen molar-refractivity contribution in [1.82, 2.24) is 0 Å². The number of anilines is 1. The molecule has 124 valence electrons. The third-order valence-corrected chi connectivity index (χ3v) is 4.54. The standard InChI is InChI=1S/C22H19NO2/c24-25-22(18-11-5-2-6-12-18)20-16-23(15-17-9-3-1-4-10-17)21-14-8-7-13-19(20)21/h1-14,24H,15-16H2/b22-20+. The normalized spacial score (nSPS) is 15.0. The predicted molar refractivity (Wildman–Crippen MR) is 101 cm³/mol. The highest BCUT2D eigenvalue weighted by Crippen LogP contribution is 2.40. The molecule has 4 rings (SSSR count). The van der Waals surface area contributed by atoms with Crippen molar-refractivity contribution in [2.24, 2.45) is 0 Å². The topological polar surface area (TPSA) is 32.7 Å². The number of hydrogen-bond acceptors (Lipinski definition) is 3. The zero-order chi connectivity index (χ0) is 17.1. The van der Waals surface area contributed by atoms with Crippen LogP contribution in [0.5, 0.6) is 0 Å². The second-order valence-corrected chi connectivity index (χ2v) is 6.12. The molecule has 0 bridgehead atoms. The average molecular weight is 329 g/mol. The predicted octanol–water partition coefficient (Wildman–Crippen LogP) is 5.06. The smallest absolute Gasteiger partial charge is 0.177 e. The molecule has 1 heterocycles. The molecule has 0 saturated heterocycles. The zero-order valence-electron chi connectivity index (χ0n) is 13.8. The number of hydrogen-bond donors (Lipinski definition) is 1. The SMILES string of the molecule is OO/C(=C1\CN(Cc2ccccc2)c2ccccc21)c1ccccc1. The van der Waals surface area contributed by atoms with E-state index in [2.05, 4.69) is 41.3 Å². The molecule has 25 heavy (non-hydrogen) atoms.